The van der Waals surface area contributed by atoms with Gasteiger partial charge in [0.15, 0.2) is 0 Å². The number of benzene rings is 1. The monoisotopic (exact) mass is 352 g/mol. The van der Waals surface area contributed by atoms with Gasteiger partial charge in [-0.25, -0.2) is 0 Å². The first-order chi connectivity index (χ1) is 10.0. The van der Waals surface area contributed by atoms with Gasteiger partial charge >= 0.3 is 0 Å². The fraction of sp³-hybridized carbons (Fsp3) is 0.500. The molecule has 0 aromatic heterocycles. The molecule has 0 unspecified atom stereocenters. The molecule has 1 fully saturated rings. The van der Waals surface area contributed by atoms with Crippen LogP contribution in [0.25, 0.3) is 0 Å². The van der Waals surface area contributed by atoms with Gasteiger partial charge in [0.25, 0.3) is 5.91 Å². The summed E-state index contributed by atoms with van der Waals surface area (Å²) in [5, 5.41) is 2.89. The summed E-state index contributed by atoms with van der Waals surface area (Å²) < 4.78 is 0.735. The van der Waals surface area contributed by atoms with Crippen LogP contribution in [0, 0.1) is 5.92 Å². The minimum absolute atomic E-state index is 0.0305. The van der Waals surface area contributed by atoms with Gasteiger partial charge in [-0.2, -0.15) is 0 Å². The van der Waals surface area contributed by atoms with Crippen molar-refractivity contribution in [2.24, 2.45) is 5.92 Å². The maximum atomic E-state index is 12.5. The van der Waals surface area contributed by atoms with E-state index < -0.39 is 6.04 Å². The number of nitrogens with one attached hydrogen (secondary N) is 1. The summed E-state index contributed by atoms with van der Waals surface area (Å²) in [6, 6.07) is 6.77. The zero-order valence-corrected chi connectivity index (χ0v) is 14.0. The van der Waals surface area contributed by atoms with Gasteiger partial charge in [0, 0.05) is 17.6 Å². The Morgan fingerprint density at radius 2 is 1.81 bits per heavy atom. The maximum Gasteiger partial charge on any atom is 0.253 e. The van der Waals surface area contributed by atoms with Crippen LogP contribution in [-0.4, -0.2) is 35.8 Å². The molecular weight excluding hydrogens is 332 g/mol. The third-order valence-corrected chi connectivity index (χ3v) is 4.45. The maximum absolute atomic E-state index is 12.5. The molecule has 1 saturated heterocycles. The Labute approximate surface area is 134 Å². The van der Waals surface area contributed by atoms with Crippen molar-refractivity contribution in [3.05, 3.63) is 34.3 Å². The van der Waals surface area contributed by atoms with E-state index in [2.05, 4.69) is 21.2 Å². The highest BCUT2D eigenvalue weighted by Crippen LogP contribution is 2.17. The molecule has 1 aliphatic heterocycles. The van der Waals surface area contributed by atoms with E-state index in [0.29, 0.717) is 5.56 Å². The molecule has 1 aromatic carbocycles. The van der Waals surface area contributed by atoms with Gasteiger partial charge in [-0.05, 0) is 46.8 Å². The fourth-order valence-corrected chi connectivity index (χ4v) is 2.98. The molecule has 114 valence electrons. The Morgan fingerprint density at radius 1 is 1.19 bits per heavy atom. The minimum Gasteiger partial charge on any atom is -0.341 e. The topological polar surface area (TPSA) is 49.4 Å². The van der Waals surface area contributed by atoms with Crippen molar-refractivity contribution in [2.45, 2.75) is 32.7 Å². The molecule has 0 saturated carbocycles. The lowest BCUT2D eigenvalue weighted by Crippen LogP contribution is -2.50. The van der Waals surface area contributed by atoms with Crippen molar-refractivity contribution < 1.29 is 9.59 Å². The average Bonchev–Trinajstić information content (AvgIpc) is 2.98. The van der Waals surface area contributed by atoms with Crippen LogP contribution in [0.2, 0.25) is 0 Å². The number of hydrogen-bond acceptors (Lipinski definition) is 2. The summed E-state index contributed by atoms with van der Waals surface area (Å²) >= 11 is 3.37. The number of rotatable bonds is 4. The number of nitrogens with zero attached hydrogens (tertiary/aromatic N) is 1. The highest BCUT2D eigenvalue weighted by Gasteiger charge is 2.30. The van der Waals surface area contributed by atoms with Gasteiger partial charge in [0.2, 0.25) is 5.91 Å². The zero-order valence-electron chi connectivity index (χ0n) is 12.4. The van der Waals surface area contributed by atoms with E-state index >= 15 is 0 Å². The lowest BCUT2D eigenvalue weighted by atomic mass is 10.0. The standard InChI is InChI=1S/C16H21BrN2O2/c1-11(2)14(16(21)19-9-5-6-10-19)18-15(20)12-7-3-4-8-13(12)17/h3-4,7-8,11,14H,5-6,9-10H2,1-2H3,(H,18,20)/t14-/m1/s1. The number of halogens is 1. The number of amides is 2. The van der Waals surface area contributed by atoms with Gasteiger partial charge in [-0.3, -0.25) is 9.59 Å². The van der Waals surface area contributed by atoms with Crippen molar-refractivity contribution in [3.63, 3.8) is 0 Å². The lowest BCUT2D eigenvalue weighted by molar-refractivity contribution is -0.133. The molecule has 1 heterocycles. The number of hydrogen-bond donors (Lipinski definition) is 1. The zero-order chi connectivity index (χ0) is 15.4. The minimum atomic E-state index is -0.470. The highest BCUT2D eigenvalue weighted by molar-refractivity contribution is 9.10. The van der Waals surface area contributed by atoms with Crippen LogP contribution < -0.4 is 5.32 Å². The van der Waals surface area contributed by atoms with Gasteiger partial charge in [-0.1, -0.05) is 26.0 Å². The van der Waals surface area contributed by atoms with E-state index in [4.69, 9.17) is 0 Å². The fourth-order valence-electron chi connectivity index (χ4n) is 2.51. The molecule has 1 atom stereocenters. The van der Waals surface area contributed by atoms with E-state index in [9.17, 15) is 9.59 Å². The molecule has 0 spiro atoms. The Kier molecular flexibility index (Phi) is 5.39. The van der Waals surface area contributed by atoms with E-state index in [1.54, 1.807) is 6.07 Å². The predicted molar refractivity (Wildman–Crippen MR) is 86.0 cm³/mol. The Hall–Kier alpha value is -1.36. The summed E-state index contributed by atoms with van der Waals surface area (Å²) in [6.07, 6.45) is 2.10. The summed E-state index contributed by atoms with van der Waals surface area (Å²) in [4.78, 5) is 26.8. The van der Waals surface area contributed by atoms with Crippen LogP contribution in [0.5, 0.6) is 0 Å². The molecule has 1 N–H and O–H groups in total. The van der Waals surface area contributed by atoms with Crippen molar-refractivity contribution in [1.29, 1.82) is 0 Å². The van der Waals surface area contributed by atoms with Gasteiger partial charge in [-0.15, -0.1) is 0 Å². The summed E-state index contributed by atoms with van der Waals surface area (Å²) in [5.74, 6) is -0.124. The molecule has 2 rings (SSSR count). The molecule has 0 radical (unpaired) electrons. The van der Waals surface area contributed by atoms with Crippen LogP contribution in [-0.2, 0) is 4.79 Å². The lowest BCUT2D eigenvalue weighted by Gasteiger charge is -2.26. The van der Waals surface area contributed by atoms with E-state index in [-0.39, 0.29) is 17.7 Å². The van der Waals surface area contributed by atoms with Gasteiger partial charge < -0.3 is 10.2 Å². The molecule has 2 amide bonds. The average molecular weight is 353 g/mol. The van der Waals surface area contributed by atoms with Crippen molar-refractivity contribution in [3.8, 4) is 0 Å². The Balaban J connectivity index is 2.11. The predicted octanol–water partition coefficient (Wildman–Crippen LogP) is 2.83. The molecule has 21 heavy (non-hydrogen) atoms. The van der Waals surface area contributed by atoms with Crippen LogP contribution >= 0.6 is 15.9 Å². The summed E-state index contributed by atoms with van der Waals surface area (Å²) in [7, 11) is 0. The molecule has 5 heteroatoms. The Morgan fingerprint density at radius 3 is 2.38 bits per heavy atom. The second-order valence-electron chi connectivity index (χ2n) is 5.71. The second kappa shape index (κ2) is 7.07. The number of likely N-dealkylation sites (tertiary alicyclic amines) is 1. The smallest absolute Gasteiger partial charge is 0.253 e. The van der Waals surface area contributed by atoms with Crippen molar-refractivity contribution in [2.75, 3.05) is 13.1 Å². The first-order valence-corrected chi connectivity index (χ1v) is 8.14. The van der Waals surface area contributed by atoms with Crippen molar-refractivity contribution in [1.82, 2.24) is 10.2 Å². The first kappa shape index (κ1) is 16.0. The van der Waals surface area contributed by atoms with Crippen LogP contribution in [0.15, 0.2) is 28.7 Å². The molecule has 1 aliphatic rings. The van der Waals surface area contributed by atoms with Crippen molar-refractivity contribution >= 4 is 27.7 Å². The van der Waals surface area contributed by atoms with Crippen LogP contribution in [0.4, 0.5) is 0 Å². The summed E-state index contributed by atoms with van der Waals surface area (Å²) in [6.45, 7) is 5.51. The quantitative estimate of drug-likeness (QED) is 0.905. The third kappa shape index (κ3) is 3.84. The molecule has 1 aromatic rings. The summed E-state index contributed by atoms with van der Waals surface area (Å²) in [5.41, 5.74) is 0.553. The van der Waals surface area contributed by atoms with Gasteiger partial charge in [0.05, 0.1) is 5.56 Å². The van der Waals surface area contributed by atoms with E-state index in [1.807, 2.05) is 36.9 Å². The largest absolute Gasteiger partial charge is 0.341 e. The Bertz CT molecular complexity index is 525. The van der Waals surface area contributed by atoms with E-state index in [0.717, 1.165) is 30.4 Å². The second-order valence-corrected chi connectivity index (χ2v) is 6.56. The molecular formula is C16H21BrN2O2. The molecule has 4 nitrogen and oxygen atoms in total. The molecule has 0 aliphatic carbocycles. The van der Waals surface area contributed by atoms with E-state index in [1.165, 1.54) is 0 Å². The number of carbonyl (C=O) groups is 2. The third-order valence-electron chi connectivity index (χ3n) is 3.76. The number of carbonyl (C=O) groups excluding carboxylic acids is 2. The van der Waals surface area contributed by atoms with Crippen LogP contribution in [0.3, 0.4) is 0 Å². The normalized spacial score (nSPS) is 16.1. The molecule has 0 bridgehead atoms. The van der Waals surface area contributed by atoms with Gasteiger partial charge in [0.1, 0.15) is 6.04 Å². The highest BCUT2D eigenvalue weighted by atomic mass is 79.9. The SMILES string of the molecule is CC(C)[C@@H](NC(=O)c1ccccc1Br)C(=O)N1CCCC1. The van der Waals surface area contributed by atoms with Crippen LogP contribution in [0.1, 0.15) is 37.0 Å². The first-order valence-electron chi connectivity index (χ1n) is 7.35.